The third-order valence-corrected chi connectivity index (χ3v) is 6.11. The number of aryl methyl sites for hydroxylation is 1. The molecule has 5 unspecified atom stereocenters. The Kier molecular flexibility index (Phi) is 7.09. The van der Waals surface area contributed by atoms with Gasteiger partial charge in [0.25, 0.3) is 0 Å². The summed E-state index contributed by atoms with van der Waals surface area (Å²) in [5, 5.41) is 20.7. The molecule has 7 nitrogen and oxygen atoms in total. The highest BCUT2D eigenvalue weighted by Gasteiger charge is 2.45. The number of methoxy groups -OCH3 is 2. The Hall–Kier alpha value is -1.35. The fourth-order valence-corrected chi connectivity index (χ4v) is 4.58. The van der Waals surface area contributed by atoms with Crippen molar-refractivity contribution < 1.29 is 34.0 Å². The largest absolute Gasteiger partial charge is 0.387 e. The molecular formula is C22H32O7. The van der Waals surface area contributed by atoms with Gasteiger partial charge in [-0.15, -0.1) is 0 Å². The number of ether oxygens (including phenoxy) is 4. The van der Waals surface area contributed by atoms with E-state index in [1.807, 2.05) is 20.8 Å². The van der Waals surface area contributed by atoms with Gasteiger partial charge in [-0.1, -0.05) is 13.0 Å². The molecule has 0 saturated carbocycles. The molecule has 0 radical (unpaired) electrons. The maximum absolute atomic E-state index is 12.5. The SMILES string of the molecule is COCC1OC(OCCc2c(C)cc3c(c2C)C(=O)[C@@H](C)C3)C(O)C(O)C1OC. The van der Waals surface area contributed by atoms with E-state index in [4.69, 9.17) is 18.9 Å². The highest BCUT2D eigenvalue weighted by molar-refractivity contribution is 6.03. The van der Waals surface area contributed by atoms with E-state index < -0.39 is 30.7 Å². The van der Waals surface area contributed by atoms with Crippen LogP contribution in [0.15, 0.2) is 6.07 Å². The summed E-state index contributed by atoms with van der Waals surface area (Å²) in [7, 11) is 2.99. The molecule has 1 fully saturated rings. The quantitative estimate of drug-likeness (QED) is 0.703. The zero-order chi connectivity index (χ0) is 21.3. The van der Waals surface area contributed by atoms with Crippen LogP contribution in [0.1, 0.15) is 39.5 Å². The van der Waals surface area contributed by atoms with E-state index in [0.29, 0.717) is 6.42 Å². The number of carbonyl (C=O) groups is 1. The molecular weight excluding hydrogens is 376 g/mol. The van der Waals surface area contributed by atoms with Crippen LogP contribution in [0.4, 0.5) is 0 Å². The number of aliphatic hydroxyl groups is 2. The van der Waals surface area contributed by atoms with Gasteiger partial charge in [-0.25, -0.2) is 0 Å². The lowest BCUT2D eigenvalue weighted by Gasteiger charge is -2.41. The second-order valence-electron chi connectivity index (χ2n) is 8.10. The first-order chi connectivity index (χ1) is 13.8. The molecule has 29 heavy (non-hydrogen) atoms. The molecule has 1 aromatic rings. The number of rotatable bonds is 7. The summed E-state index contributed by atoms with van der Waals surface area (Å²) in [6, 6.07) is 2.10. The Morgan fingerprint density at radius 3 is 2.59 bits per heavy atom. The van der Waals surface area contributed by atoms with Gasteiger partial charge in [0.15, 0.2) is 12.1 Å². The maximum Gasteiger partial charge on any atom is 0.186 e. The zero-order valence-electron chi connectivity index (χ0n) is 17.8. The highest BCUT2D eigenvalue weighted by atomic mass is 16.7. The predicted octanol–water partition coefficient (Wildman–Crippen LogP) is 1.35. The van der Waals surface area contributed by atoms with Crippen LogP contribution in [0.5, 0.6) is 0 Å². The lowest BCUT2D eigenvalue weighted by atomic mass is 9.92. The number of Topliss-reactive ketones (excluding diaryl/α,β-unsaturated/α-hetero) is 1. The van der Waals surface area contributed by atoms with Crippen LogP contribution in [-0.2, 0) is 31.8 Å². The summed E-state index contributed by atoms with van der Waals surface area (Å²) >= 11 is 0. The van der Waals surface area contributed by atoms with Crippen molar-refractivity contribution in [2.24, 2.45) is 5.92 Å². The van der Waals surface area contributed by atoms with E-state index in [2.05, 4.69) is 6.07 Å². The molecule has 1 aromatic carbocycles. The molecule has 0 aromatic heterocycles. The number of ketones is 1. The van der Waals surface area contributed by atoms with Crippen molar-refractivity contribution in [1.82, 2.24) is 0 Å². The lowest BCUT2D eigenvalue weighted by molar-refractivity contribution is -0.305. The average Bonchev–Trinajstić information content (AvgIpc) is 2.96. The van der Waals surface area contributed by atoms with Gasteiger partial charge in [0.05, 0.1) is 13.2 Å². The molecule has 0 amide bonds. The molecule has 162 valence electrons. The van der Waals surface area contributed by atoms with Crippen LogP contribution in [-0.4, -0.2) is 74.1 Å². The molecule has 1 aliphatic heterocycles. The van der Waals surface area contributed by atoms with Gasteiger partial charge < -0.3 is 29.2 Å². The van der Waals surface area contributed by atoms with E-state index in [9.17, 15) is 15.0 Å². The number of aliphatic hydroxyl groups excluding tert-OH is 2. The van der Waals surface area contributed by atoms with E-state index >= 15 is 0 Å². The Morgan fingerprint density at radius 2 is 1.93 bits per heavy atom. The molecule has 7 heteroatoms. The minimum absolute atomic E-state index is 0.0355. The van der Waals surface area contributed by atoms with Crippen LogP contribution in [0.25, 0.3) is 0 Å². The molecule has 1 saturated heterocycles. The molecule has 2 aliphatic rings. The van der Waals surface area contributed by atoms with E-state index in [-0.39, 0.29) is 24.9 Å². The Bertz CT molecular complexity index is 747. The van der Waals surface area contributed by atoms with E-state index in [1.54, 1.807) is 0 Å². The zero-order valence-corrected chi connectivity index (χ0v) is 17.8. The molecule has 0 spiro atoms. The van der Waals surface area contributed by atoms with Crippen molar-refractivity contribution in [1.29, 1.82) is 0 Å². The van der Waals surface area contributed by atoms with Crippen LogP contribution < -0.4 is 0 Å². The topological polar surface area (TPSA) is 94.5 Å². The van der Waals surface area contributed by atoms with Crippen LogP contribution in [0.2, 0.25) is 0 Å². The van der Waals surface area contributed by atoms with E-state index in [1.165, 1.54) is 14.2 Å². The summed E-state index contributed by atoms with van der Waals surface area (Å²) in [6.45, 7) is 6.51. The third-order valence-electron chi connectivity index (χ3n) is 6.11. The summed E-state index contributed by atoms with van der Waals surface area (Å²) in [4.78, 5) is 12.5. The lowest BCUT2D eigenvalue weighted by Crippen LogP contribution is -2.60. The first kappa shape index (κ1) is 22.3. The summed E-state index contributed by atoms with van der Waals surface area (Å²) in [5.41, 5.74) is 5.21. The van der Waals surface area contributed by atoms with Gasteiger partial charge in [0, 0.05) is 25.7 Å². The van der Waals surface area contributed by atoms with Crippen molar-refractivity contribution in [2.45, 2.75) is 64.3 Å². The number of carbonyl (C=O) groups excluding carboxylic acids is 1. The van der Waals surface area contributed by atoms with Gasteiger partial charge in [0.1, 0.15) is 24.4 Å². The normalized spacial score (nSPS) is 31.9. The maximum atomic E-state index is 12.5. The van der Waals surface area contributed by atoms with Gasteiger partial charge in [0.2, 0.25) is 0 Å². The highest BCUT2D eigenvalue weighted by Crippen LogP contribution is 2.33. The van der Waals surface area contributed by atoms with Crippen molar-refractivity contribution in [2.75, 3.05) is 27.4 Å². The number of fused-ring (bicyclic) bond motifs is 1. The van der Waals surface area contributed by atoms with Crippen molar-refractivity contribution >= 4 is 5.78 Å². The van der Waals surface area contributed by atoms with Crippen molar-refractivity contribution in [3.63, 3.8) is 0 Å². The second kappa shape index (κ2) is 9.20. The summed E-state index contributed by atoms with van der Waals surface area (Å²) in [5.74, 6) is 0.246. The molecule has 2 N–H and O–H groups in total. The first-order valence-electron chi connectivity index (χ1n) is 10.1. The second-order valence-corrected chi connectivity index (χ2v) is 8.10. The number of hydrogen-bond donors (Lipinski definition) is 2. The summed E-state index contributed by atoms with van der Waals surface area (Å²) < 4.78 is 21.9. The molecule has 1 heterocycles. The van der Waals surface area contributed by atoms with Gasteiger partial charge in [-0.3, -0.25) is 4.79 Å². The van der Waals surface area contributed by atoms with Crippen molar-refractivity contribution in [3.8, 4) is 0 Å². The Balaban J connectivity index is 1.68. The number of benzene rings is 1. The Morgan fingerprint density at radius 1 is 1.21 bits per heavy atom. The first-order valence-corrected chi connectivity index (χ1v) is 10.1. The average molecular weight is 408 g/mol. The fourth-order valence-electron chi connectivity index (χ4n) is 4.58. The smallest absolute Gasteiger partial charge is 0.186 e. The van der Waals surface area contributed by atoms with Crippen LogP contribution >= 0.6 is 0 Å². The van der Waals surface area contributed by atoms with Crippen LogP contribution in [0.3, 0.4) is 0 Å². The van der Waals surface area contributed by atoms with Gasteiger partial charge in [-0.2, -0.15) is 0 Å². The molecule has 0 bridgehead atoms. The molecule has 1 aliphatic carbocycles. The Labute approximate surface area is 171 Å². The fraction of sp³-hybridized carbons (Fsp3) is 0.682. The number of hydrogen-bond acceptors (Lipinski definition) is 7. The third kappa shape index (κ3) is 4.26. The minimum atomic E-state index is -1.22. The van der Waals surface area contributed by atoms with Crippen LogP contribution in [0, 0.1) is 19.8 Å². The predicted molar refractivity (Wildman–Crippen MR) is 106 cm³/mol. The van der Waals surface area contributed by atoms with Crippen molar-refractivity contribution in [3.05, 3.63) is 33.9 Å². The molecule has 6 atom stereocenters. The van der Waals surface area contributed by atoms with E-state index in [0.717, 1.165) is 34.2 Å². The van der Waals surface area contributed by atoms with Gasteiger partial charge >= 0.3 is 0 Å². The molecule has 3 rings (SSSR count). The minimum Gasteiger partial charge on any atom is -0.387 e. The standard InChI is InChI=1S/C22H32O7/c1-11-8-14-9-12(2)18(23)17(14)13(3)15(11)6-7-28-22-20(25)19(24)21(27-5)16(29-22)10-26-4/h8,12,16,19-22,24-25H,6-7,9-10H2,1-5H3/t12-,16?,19?,20?,21?,22?/m0/s1. The monoisotopic (exact) mass is 408 g/mol. The van der Waals surface area contributed by atoms with Gasteiger partial charge in [-0.05, 0) is 48.9 Å². The summed E-state index contributed by atoms with van der Waals surface area (Å²) in [6.07, 6.45) is -3.20.